The summed E-state index contributed by atoms with van der Waals surface area (Å²) in [5.41, 5.74) is 2.52. The topological polar surface area (TPSA) is 46.4 Å². The fourth-order valence-electron chi connectivity index (χ4n) is 2.25. The molecule has 0 radical (unpaired) electrons. The zero-order chi connectivity index (χ0) is 11.0. The van der Waals surface area contributed by atoms with Crippen LogP contribution in [0.25, 0.3) is 5.65 Å². The van der Waals surface area contributed by atoms with Crippen molar-refractivity contribution in [3.05, 3.63) is 35.8 Å². The van der Waals surface area contributed by atoms with Gasteiger partial charge in [-0.1, -0.05) is 6.07 Å². The quantitative estimate of drug-likeness (QED) is 0.773. The van der Waals surface area contributed by atoms with Crippen LogP contribution >= 0.6 is 0 Å². The molecule has 3 heterocycles. The van der Waals surface area contributed by atoms with Crippen LogP contribution in [0.1, 0.15) is 35.1 Å². The van der Waals surface area contributed by atoms with E-state index in [1.54, 1.807) is 6.07 Å². The Labute approximate surface area is 93.3 Å². The summed E-state index contributed by atoms with van der Waals surface area (Å²) in [6.07, 6.45) is 5.14. The Bertz CT molecular complexity index is 526. The Morgan fingerprint density at radius 3 is 3.19 bits per heavy atom. The Morgan fingerprint density at radius 1 is 1.50 bits per heavy atom. The number of pyridine rings is 1. The van der Waals surface area contributed by atoms with E-state index in [9.17, 15) is 4.79 Å². The molecule has 4 heteroatoms. The summed E-state index contributed by atoms with van der Waals surface area (Å²) in [6.45, 7) is 1.05. The van der Waals surface area contributed by atoms with E-state index in [-0.39, 0.29) is 0 Å². The lowest BCUT2D eigenvalue weighted by Crippen LogP contribution is -2.12. The van der Waals surface area contributed by atoms with Crippen molar-refractivity contribution in [3.8, 4) is 0 Å². The summed E-state index contributed by atoms with van der Waals surface area (Å²) in [5, 5.41) is 3.41. The summed E-state index contributed by atoms with van der Waals surface area (Å²) in [6, 6.07) is 5.93. The molecule has 0 spiro atoms. The number of imidazole rings is 1. The Kier molecular flexibility index (Phi) is 2.22. The highest BCUT2D eigenvalue weighted by molar-refractivity contribution is 5.73. The number of fused-ring (bicyclic) bond motifs is 1. The first-order valence-corrected chi connectivity index (χ1v) is 5.55. The van der Waals surface area contributed by atoms with Gasteiger partial charge in [-0.15, -0.1) is 0 Å². The number of carbonyl (C=O) groups is 1. The van der Waals surface area contributed by atoms with Crippen LogP contribution in [-0.4, -0.2) is 22.2 Å². The van der Waals surface area contributed by atoms with E-state index in [0.29, 0.717) is 11.7 Å². The lowest BCUT2D eigenvalue weighted by molar-refractivity contribution is 0.111. The Hall–Kier alpha value is -1.68. The highest BCUT2D eigenvalue weighted by Crippen LogP contribution is 2.22. The Morgan fingerprint density at radius 2 is 2.44 bits per heavy atom. The van der Waals surface area contributed by atoms with E-state index in [4.69, 9.17) is 0 Å². The maximum Gasteiger partial charge on any atom is 0.166 e. The molecular formula is C12H13N3O. The molecule has 2 aromatic rings. The second-order valence-electron chi connectivity index (χ2n) is 4.11. The third-order valence-electron chi connectivity index (χ3n) is 3.08. The van der Waals surface area contributed by atoms with E-state index >= 15 is 0 Å². The minimum atomic E-state index is 0.347. The van der Waals surface area contributed by atoms with Crippen molar-refractivity contribution >= 4 is 11.9 Å². The second-order valence-corrected chi connectivity index (χ2v) is 4.11. The summed E-state index contributed by atoms with van der Waals surface area (Å²) in [4.78, 5) is 15.4. The number of nitrogens with one attached hydrogen (secondary N) is 1. The summed E-state index contributed by atoms with van der Waals surface area (Å²) in [5.74, 6) is 0. The van der Waals surface area contributed by atoms with Gasteiger partial charge in [0.1, 0.15) is 5.65 Å². The van der Waals surface area contributed by atoms with E-state index in [0.717, 1.165) is 30.6 Å². The van der Waals surface area contributed by atoms with Crippen molar-refractivity contribution in [2.75, 3.05) is 6.54 Å². The number of rotatable bonds is 2. The van der Waals surface area contributed by atoms with Crippen LogP contribution in [0.15, 0.2) is 24.4 Å². The first-order chi connectivity index (χ1) is 7.88. The molecule has 1 saturated heterocycles. The molecule has 0 amide bonds. The van der Waals surface area contributed by atoms with Gasteiger partial charge < -0.3 is 5.32 Å². The van der Waals surface area contributed by atoms with E-state index in [1.807, 2.05) is 22.7 Å². The molecule has 1 unspecified atom stereocenters. The van der Waals surface area contributed by atoms with Gasteiger partial charge >= 0.3 is 0 Å². The maximum atomic E-state index is 10.9. The van der Waals surface area contributed by atoms with Gasteiger partial charge in [-0.25, -0.2) is 4.98 Å². The van der Waals surface area contributed by atoms with Gasteiger partial charge in [0, 0.05) is 6.20 Å². The van der Waals surface area contributed by atoms with E-state index < -0.39 is 0 Å². The van der Waals surface area contributed by atoms with Crippen molar-refractivity contribution in [1.82, 2.24) is 14.7 Å². The van der Waals surface area contributed by atoms with Crippen LogP contribution in [0.4, 0.5) is 0 Å². The first kappa shape index (κ1) is 9.54. The summed E-state index contributed by atoms with van der Waals surface area (Å²) >= 11 is 0. The number of aldehydes is 1. The average Bonchev–Trinajstić information content (AvgIpc) is 2.96. The fourth-order valence-corrected chi connectivity index (χ4v) is 2.25. The molecule has 0 saturated carbocycles. The highest BCUT2D eigenvalue weighted by Gasteiger charge is 2.19. The third kappa shape index (κ3) is 1.42. The van der Waals surface area contributed by atoms with Gasteiger partial charge in [-0.3, -0.25) is 9.20 Å². The standard InChI is InChI=1S/C12H13N3O/c16-8-9-3-1-5-12-14-11(7-15(9)12)10-4-2-6-13-10/h1,3,5,7-8,10,13H,2,4,6H2. The molecule has 0 aromatic carbocycles. The van der Waals surface area contributed by atoms with Crippen molar-refractivity contribution in [3.63, 3.8) is 0 Å². The molecule has 2 aromatic heterocycles. The molecular weight excluding hydrogens is 202 g/mol. The van der Waals surface area contributed by atoms with Crippen molar-refractivity contribution in [2.24, 2.45) is 0 Å². The van der Waals surface area contributed by atoms with Gasteiger partial charge in [-0.05, 0) is 31.5 Å². The zero-order valence-corrected chi connectivity index (χ0v) is 8.89. The number of hydrogen-bond donors (Lipinski definition) is 1. The number of carbonyl (C=O) groups excluding carboxylic acids is 1. The van der Waals surface area contributed by atoms with Gasteiger partial charge in [0.25, 0.3) is 0 Å². The number of aromatic nitrogens is 2. The van der Waals surface area contributed by atoms with Crippen molar-refractivity contribution < 1.29 is 4.79 Å². The van der Waals surface area contributed by atoms with E-state index in [2.05, 4.69) is 10.3 Å². The van der Waals surface area contributed by atoms with Crippen LogP contribution in [0, 0.1) is 0 Å². The third-order valence-corrected chi connectivity index (χ3v) is 3.08. The van der Waals surface area contributed by atoms with Crippen LogP contribution in [0.5, 0.6) is 0 Å². The van der Waals surface area contributed by atoms with Gasteiger partial charge in [-0.2, -0.15) is 0 Å². The average molecular weight is 215 g/mol. The van der Waals surface area contributed by atoms with Crippen LogP contribution < -0.4 is 5.32 Å². The molecule has 0 bridgehead atoms. The molecule has 4 nitrogen and oxygen atoms in total. The van der Waals surface area contributed by atoms with E-state index in [1.165, 1.54) is 6.42 Å². The maximum absolute atomic E-state index is 10.9. The molecule has 16 heavy (non-hydrogen) atoms. The Balaban J connectivity index is 2.11. The molecule has 82 valence electrons. The monoisotopic (exact) mass is 215 g/mol. The smallest absolute Gasteiger partial charge is 0.166 e. The minimum absolute atomic E-state index is 0.347. The van der Waals surface area contributed by atoms with Gasteiger partial charge in [0.05, 0.1) is 17.4 Å². The van der Waals surface area contributed by atoms with Gasteiger partial charge in [0.2, 0.25) is 0 Å². The van der Waals surface area contributed by atoms with Crippen molar-refractivity contribution in [2.45, 2.75) is 18.9 Å². The molecule has 1 aliphatic heterocycles. The van der Waals surface area contributed by atoms with Crippen LogP contribution in [0.3, 0.4) is 0 Å². The largest absolute Gasteiger partial charge is 0.309 e. The van der Waals surface area contributed by atoms with Crippen LogP contribution in [0.2, 0.25) is 0 Å². The molecule has 0 aliphatic carbocycles. The predicted molar refractivity (Wildman–Crippen MR) is 60.6 cm³/mol. The molecule has 1 N–H and O–H groups in total. The lowest BCUT2D eigenvalue weighted by atomic mass is 10.2. The minimum Gasteiger partial charge on any atom is -0.309 e. The number of nitrogens with zero attached hydrogens (tertiary/aromatic N) is 2. The molecule has 3 rings (SSSR count). The summed E-state index contributed by atoms with van der Waals surface area (Å²) in [7, 11) is 0. The van der Waals surface area contributed by atoms with Crippen molar-refractivity contribution in [1.29, 1.82) is 0 Å². The fraction of sp³-hybridized carbons (Fsp3) is 0.333. The normalized spacial score (nSPS) is 20.4. The highest BCUT2D eigenvalue weighted by atomic mass is 16.1. The predicted octanol–water partition coefficient (Wildman–Crippen LogP) is 1.57. The molecule has 1 atom stereocenters. The molecule has 1 aliphatic rings. The van der Waals surface area contributed by atoms with Gasteiger partial charge in [0.15, 0.2) is 6.29 Å². The van der Waals surface area contributed by atoms with Crippen LogP contribution in [-0.2, 0) is 0 Å². The second kappa shape index (κ2) is 3.72. The number of hydrogen-bond acceptors (Lipinski definition) is 3. The first-order valence-electron chi connectivity index (χ1n) is 5.55. The zero-order valence-electron chi connectivity index (χ0n) is 8.89. The molecule has 1 fully saturated rings. The SMILES string of the molecule is O=Cc1cccc2nc(C3CCCN3)cn12. The summed E-state index contributed by atoms with van der Waals surface area (Å²) < 4.78 is 1.85. The lowest BCUT2D eigenvalue weighted by Gasteiger charge is -2.04.